The van der Waals surface area contributed by atoms with Crippen molar-refractivity contribution in [2.75, 3.05) is 26.1 Å². The molecule has 0 saturated heterocycles. The lowest BCUT2D eigenvalue weighted by Gasteiger charge is -2.11. The molecule has 2 rings (SSSR count). The zero-order valence-electron chi connectivity index (χ0n) is 12.9. The number of rotatable bonds is 6. The Labute approximate surface area is 125 Å². The molecule has 112 valence electrons. The van der Waals surface area contributed by atoms with Crippen molar-refractivity contribution in [3.8, 4) is 17.0 Å². The second-order valence-corrected chi connectivity index (χ2v) is 4.70. The molecule has 1 N–H and O–H groups in total. The molecule has 21 heavy (non-hydrogen) atoms. The molecule has 5 nitrogen and oxygen atoms in total. The summed E-state index contributed by atoms with van der Waals surface area (Å²) in [5.41, 5.74) is 3.06. The third kappa shape index (κ3) is 3.70. The SMILES string of the molecule is CCNc1cc(-c2ccc(OC)cc2C)nc(COC)n1. The van der Waals surface area contributed by atoms with Gasteiger partial charge in [-0.2, -0.15) is 0 Å². The molecule has 0 amide bonds. The lowest BCUT2D eigenvalue weighted by molar-refractivity contribution is 0.178. The molecule has 0 atom stereocenters. The quantitative estimate of drug-likeness (QED) is 0.885. The molecule has 5 heteroatoms. The van der Waals surface area contributed by atoms with Gasteiger partial charge >= 0.3 is 0 Å². The molecule has 0 bridgehead atoms. The van der Waals surface area contributed by atoms with Crippen molar-refractivity contribution in [3.63, 3.8) is 0 Å². The van der Waals surface area contributed by atoms with Crippen LogP contribution in [0.1, 0.15) is 18.3 Å². The van der Waals surface area contributed by atoms with Crippen molar-refractivity contribution >= 4 is 5.82 Å². The van der Waals surface area contributed by atoms with Crippen LogP contribution >= 0.6 is 0 Å². The Morgan fingerprint density at radius 3 is 2.57 bits per heavy atom. The van der Waals surface area contributed by atoms with Gasteiger partial charge in [-0.25, -0.2) is 9.97 Å². The first-order valence-corrected chi connectivity index (χ1v) is 6.93. The van der Waals surface area contributed by atoms with Crippen LogP contribution < -0.4 is 10.1 Å². The number of hydrogen-bond acceptors (Lipinski definition) is 5. The minimum absolute atomic E-state index is 0.390. The van der Waals surface area contributed by atoms with Gasteiger partial charge < -0.3 is 14.8 Å². The molecule has 1 aromatic heterocycles. The van der Waals surface area contributed by atoms with E-state index in [4.69, 9.17) is 9.47 Å². The standard InChI is InChI=1S/C16H21N3O2/c1-5-17-15-9-14(18-16(19-15)10-20-3)13-7-6-12(21-4)8-11(13)2/h6-9H,5,10H2,1-4H3,(H,17,18,19). The molecule has 0 aliphatic rings. The highest BCUT2D eigenvalue weighted by Crippen LogP contribution is 2.27. The van der Waals surface area contributed by atoms with Crippen LogP contribution in [0.5, 0.6) is 5.75 Å². The molecule has 0 aliphatic heterocycles. The average Bonchev–Trinajstić information content (AvgIpc) is 2.47. The Bertz CT molecular complexity index is 590. The van der Waals surface area contributed by atoms with E-state index < -0.39 is 0 Å². The molecule has 0 fully saturated rings. The molecule has 0 aliphatic carbocycles. The number of methoxy groups -OCH3 is 2. The fourth-order valence-electron chi connectivity index (χ4n) is 2.15. The number of nitrogens with one attached hydrogen (secondary N) is 1. The molecule has 0 spiro atoms. The van der Waals surface area contributed by atoms with Gasteiger partial charge in [0.15, 0.2) is 5.82 Å². The van der Waals surface area contributed by atoms with E-state index in [-0.39, 0.29) is 0 Å². The van der Waals surface area contributed by atoms with Crippen LogP contribution in [0, 0.1) is 6.92 Å². The van der Waals surface area contributed by atoms with Crippen molar-refractivity contribution in [1.82, 2.24) is 9.97 Å². The number of anilines is 1. The third-order valence-corrected chi connectivity index (χ3v) is 3.11. The summed E-state index contributed by atoms with van der Waals surface area (Å²) in [5, 5.41) is 3.23. The maximum absolute atomic E-state index is 5.25. The van der Waals surface area contributed by atoms with E-state index in [0.717, 1.165) is 34.9 Å². The van der Waals surface area contributed by atoms with E-state index in [1.54, 1.807) is 14.2 Å². The van der Waals surface area contributed by atoms with Crippen LogP contribution in [0.25, 0.3) is 11.3 Å². The molecular weight excluding hydrogens is 266 g/mol. The highest BCUT2D eigenvalue weighted by Gasteiger charge is 2.09. The summed E-state index contributed by atoms with van der Waals surface area (Å²) in [4.78, 5) is 9.00. The second-order valence-electron chi connectivity index (χ2n) is 4.70. The highest BCUT2D eigenvalue weighted by molar-refractivity contribution is 5.67. The minimum atomic E-state index is 0.390. The number of ether oxygens (including phenoxy) is 2. The lowest BCUT2D eigenvalue weighted by Crippen LogP contribution is -2.05. The first-order valence-electron chi connectivity index (χ1n) is 6.93. The van der Waals surface area contributed by atoms with Crippen molar-refractivity contribution < 1.29 is 9.47 Å². The summed E-state index contributed by atoms with van der Waals surface area (Å²) >= 11 is 0. The van der Waals surface area contributed by atoms with Crippen LogP contribution in [0.15, 0.2) is 24.3 Å². The topological polar surface area (TPSA) is 56.3 Å². The molecule has 1 heterocycles. The maximum atomic E-state index is 5.25. The summed E-state index contributed by atoms with van der Waals surface area (Å²) in [5.74, 6) is 2.32. The predicted octanol–water partition coefficient (Wildman–Crippen LogP) is 3.04. The predicted molar refractivity (Wildman–Crippen MR) is 83.6 cm³/mol. The van der Waals surface area contributed by atoms with Crippen molar-refractivity contribution in [2.45, 2.75) is 20.5 Å². The van der Waals surface area contributed by atoms with Gasteiger partial charge in [0, 0.05) is 25.3 Å². The molecule has 2 aromatic rings. The summed E-state index contributed by atoms with van der Waals surface area (Å²) in [7, 11) is 3.31. The van der Waals surface area contributed by atoms with Crippen LogP contribution in [0.2, 0.25) is 0 Å². The van der Waals surface area contributed by atoms with E-state index in [9.17, 15) is 0 Å². The fraction of sp³-hybridized carbons (Fsp3) is 0.375. The smallest absolute Gasteiger partial charge is 0.157 e. The lowest BCUT2D eigenvalue weighted by atomic mass is 10.0. The van der Waals surface area contributed by atoms with E-state index in [0.29, 0.717) is 12.4 Å². The fourth-order valence-corrected chi connectivity index (χ4v) is 2.15. The van der Waals surface area contributed by atoms with Gasteiger partial charge in [-0.05, 0) is 37.6 Å². The molecule has 0 saturated carbocycles. The number of hydrogen-bond donors (Lipinski definition) is 1. The summed E-state index contributed by atoms with van der Waals surface area (Å²) < 4.78 is 10.4. The summed E-state index contributed by atoms with van der Waals surface area (Å²) in [6.45, 7) is 5.28. The Balaban J connectivity index is 2.46. The van der Waals surface area contributed by atoms with Crippen LogP contribution in [0.3, 0.4) is 0 Å². The minimum Gasteiger partial charge on any atom is -0.497 e. The first kappa shape index (κ1) is 15.3. The average molecular weight is 287 g/mol. The van der Waals surface area contributed by atoms with Crippen LogP contribution in [-0.4, -0.2) is 30.7 Å². The van der Waals surface area contributed by atoms with Crippen LogP contribution in [-0.2, 0) is 11.3 Å². The zero-order valence-corrected chi connectivity index (χ0v) is 12.9. The van der Waals surface area contributed by atoms with Crippen molar-refractivity contribution in [2.24, 2.45) is 0 Å². The van der Waals surface area contributed by atoms with Crippen LogP contribution in [0.4, 0.5) is 5.82 Å². The zero-order chi connectivity index (χ0) is 15.2. The molecule has 0 unspecified atom stereocenters. The summed E-state index contributed by atoms with van der Waals surface area (Å²) in [6, 6.07) is 7.91. The third-order valence-electron chi connectivity index (χ3n) is 3.11. The van der Waals surface area contributed by atoms with Gasteiger partial charge in [0.05, 0.1) is 12.8 Å². The number of benzene rings is 1. The maximum Gasteiger partial charge on any atom is 0.157 e. The first-order chi connectivity index (χ1) is 10.2. The highest BCUT2D eigenvalue weighted by atomic mass is 16.5. The second kappa shape index (κ2) is 7.04. The normalized spacial score (nSPS) is 10.5. The van der Waals surface area contributed by atoms with E-state index in [1.165, 1.54) is 0 Å². The van der Waals surface area contributed by atoms with E-state index in [2.05, 4.69) is 15.3 Å². The van der Waals surface area contributed by atoms with Gasteiger partial charge in [-0.15, -0.1) is 0 Å². The monoisotopic (exact) mass is 287 g/mol. The number of aryl methyl sites for hydroxylation is 1. The van der Waals surface area contributed by atoms with Crippen molar-refractivity contribution in [3.05, 3.63) is 35.7 Å². The van der Waals surface area contributed by atoms with Crippen molar-refractivity contribution in [1.29, 1.82) is 0 Å². The Kier molecular flexibility index (Phi) is 5.11. The largest absolute Gasteiger partial charge is 0.497 e. The van der Waals surface area contributed by atoms with Gasteiger partial charge in [0.2, 0.25) is 0 Å². The van der Waals surface area contributed by atoms with E-state index >= 15 is 0 Å². The van der Waals surface area contributed by atoms with Gasteiger partial charge in [0.1, 0.15) is 18.2 Å². The summed E-state index contributed by atoms with van der Waals surface area (Å²) in [6.07, 6.45) is 0. The van der Waals surface area contributed by atoms with E-state index in [1.807, 2.05) is 38.1 Å². The Morgan fingerprint density at radius 1 is 1.14 bits per heavy atom. The Morgan fingerprint density at radius 2 is 1.95 bits per heavy atom. The van der Waals surface area contributed by atoms with Gasteiger partial charge in [-0.1, -0.05) is 0 Å². The number of nitrogens with zero attached hydrogens (tertiary/aromatic N) is 2. The number of aromatic nitrogens is 2. The molecule has 1 aromatic carbocycles. The van der Waals surface area contributed by atoms with Gasteiger partial charge in [0.25, 0.3) is 0 Å². The Hall–Kier alpha value is -2.14. The van der Waals surface area contributed by atoms with Gasteiger partial charge in [-0.3, -0.25) is 0 Å². The molecule has 0 radical (unpaired) electrons. The molecular formula is C16H21N3O2.